The summed E-state index contributed by atoms with van der Waals surface area (Å²) in [6.07, 6.45) is 0. The number of nitrogens with one attached hydrogen (secondary N) is 1. The first-order valence-corrected chi connectivity index (χ1v) is 11.7. The van der Waals surface area contributed by atoms with Crippen molar-refractivity contribution in [2.45, 2.75) is 23.6 Å². The van der Waals surface area contributed by atoms with Crippen LogP contribution in [-0.4, -0.2) is 26.4 Å². The van der Waals surface area contributed by atoms with E-state index in [9.17, 15) is 4.79 Å². The van der Waals surface area contributed by atoms with E-state index in [1.807, 2.05) is 11.6 Å². The standard InChI is InChI=1S/C20H20Cl2N4OS2/c1-13-3-5-14(6-4-13)10-28-11-18-24-25-20(26(18)2)29-12-19(27)23-15-7-8-16(21)17(22)9-15/h3-9H,10-12H2,1-2H3,(H,23,27). The lowest BCUT2D eigenvalue weighted by Gasteiger charge is -2.07. The Labute approximate surface area is 188 Å². The van der Waals surface area contributed by atoms with Gasteiger partial charge in [0.15, 0.2) is 5.16 Å². The van der Waals surface area contributed by atoms with Gasteiger partial charge in [0, 0.05) is 18.5 Å². The van der Waals surface area contributed by atoms with Crippen molar-refractivity contribution in [3.8, 4) is 0 Å². The lowest BCUT2D eigenvalue weighted by Crippen LogP contribution is -2.14. The van der Waals surface area contributed by atoms with E-state index >= 15 is 0 Å². The summed E-state index contributed by atoms with van der Waals surface area (Å²) in [5, 5.41) is 12.8. The number of aryl methyl sites for hydroxylation is 1. The van der Waals surface area contributed by atoms with Gasteiger partial charge in [-0.05, 0) is 30.7 Å². The molecule has 0 aliphatic rings. The van der Waals surface area contributed by atoms with Crippen LogP contribution < -0.4 is 5.32 Å². The lowest BCUT2D eigenvalue weighted by molar-refractivity contribution is -0.113. The molecule has 1 N–H and O–H groups in total. The molecule has 9 heteroatoms. The van der Waals surface area contributed by atoms with Gasteiger partial charge in [0.1, 0.15) is 5.82 Å². The molecule has 0 bridgehead atoms. The van der Waals surface area contributed by atoms with E-state index in [0.717, 1.165) is 17.3 Å². The van der Waals surface area contributed by atoms with Crippen molar-refractivity contribution in [2.75, 3.05) is 11.1 Å². The van der Waals surface area contributed by atoms with Crippen LogP contribution in [0.15, 0.2) is 47.6 Å². The summed E-state index contributed by atoms with van der Waals surface area (Å²) in [5.41, 5.74) is 3.16. The molecule has 3 rings (SSSR count). The fourth-order valence-corrected chi connectivity index (χ4v) is 4.43. The zero-order valence-electron chi connectivity index (χ0n) is 16.0. The molecule has 2 aromatic carbocycles. The number of halogens is 2. The first-order chi connectivity index (χ1) is 13.9. The lowest BCUT2D eigenvalue weighted by atomic mass is 10.2. The number of hydrogen-bond acceptors (Lipinski definition) is 5. The van der Waals surface area contributed by atoms with Crippen molar-refractivity contribution in [3.63, 3.8) is 0 Å². The number of hydrogen-bond donors (Lipinski definition) is 1. The SMILES string of the molecule is Cc1ccc(CSCc2nnc(SCC(=O)Nc3ccc(Cl)c(Cl)c3)n2C)cc1. The highest BCUT2D eigenvalue weighted by Crippen LogP contribution is 2.25. The van der Waals surface area contributed by atoms with Crippen molar-refractivity contribution in [1.82, 2.24) is 14.8 Å². The minimum absolute atomic E-state index is 0.147. The molecule has 0 fully saturated rings. The number of carbonyl (C=O) groups is 1. The second-order valence-corrected chi connectivity index (χ2v) is 9.14. The Balaban J connectivity index is 1.47. The van der Waals surface area contributed by atoms with Gasteiger partial charge in [-0.3, -0.25) is 4.79 Å². The Morgan fingerprint density at radius 3 is 2.55 bits per heavy atom. The van der Waals surface area contributed by atoms with Gasteiger partial charge in [0.25, 0.3) is 0 Å². The molecule has 0 spiro atoms. The van der Waals surface area contributed by atoms with Crippen LogP contribution in [0.3, 0.4) is 0 Å². The minimum atomic E-state index is -0.147. The van der Waals surface area contributed by atoms with Gasteiger partial charge >= 0.3 is 0 Å². The molecule has 0 saturated heterocycles. The molecule has 0 saturated carbocycles. The van der Waals surface area contributed by atoms with E-state index < -0.39 is 0 Å². The molecule has 0 atom stereocenters. The molecule has 1 aromatic heterocycles. The van der Waals surface area contributed by atoms with Crippen LogP contribution in [-0.2, 0) is 23.3 Å². The van der Waals surface area contributed by atoms with Crippen LogP contribution in [0.1, 0.15) is 17.0 Å². The Kier molecular flexibility index (Phi) is 7.89. The molecule has 0 radical (unpaired) electrons. The first-order valence-electron chi connectivity index (χ1n) is 8.81. The van der Waals surface area contributed by atoms with Gasteiger partial charge in [0.05, 0.1) is 21.6 Å². The monoisotopic (exact) mass is 466 g/mol. The smallest absolute Gasteiger partial charge is 0.234 e. The summed E-state index contributed by atoms with van der Waals surface area (Å²) in [6, 6.07) is 13.5. The summed E-state index contributed by atoms with van der Waals surface area (Å²) >= 11 is 15.0. The molecule has 152 valence electrons. The zero-order chi connectivity index (χ0) is 20.8. The van der Waals surface area contributed by atoms with Crippen molar-refractivity contribution < 1.29 is 4.79 Å². The van der Waals surface area contributed by atoms with Crippen molar-refractivity contribution in [2.24, 2.45) is 7.05 Å². The highest BCUT2D eigenvalue weighted by Gasteiger charge is 2.12. The van der Waals surface area contributed by atoms with Gasteiger partial charge in [-0.2, -0.15) is 0 Å². The average molecular weight is 467 g/mol. The number of nitrogens with zero attached hydrogens (tertiary/aromatic N) is 3. The Bertz CT molecular complexity index is 993. The van der Waals surface area contributed by atoms with Crippen LogP contribution in [0.5, 0.6) is 0 Å². The first kappa shape index (κ1) is 22.0. The van der Waals surface area contributed by atoms with E-state index in [1.54, 1.807) is 30.0 Å². The van der Waals surface area contributed by atoms with Crippen molar-refractivity contribution >= 4 is 58.3 Å². The summed E-state index contributed by atoms with van der Waals surface area (Å²) in [7, 11) is 1.92. The van der Waals surface area contributed by atoms with Crippen molar-refractivity contribution in [1.29, 1.82) is 0 Å². The van der Waals surface area contributed by atoms with Gasteiger partial charge in [0.2, 0.25) is 5.91 Å². The second-order valence-electron chi connectivity index (χ2n) is 6.40. The summed E-state index contributed by atoms with van der Waals surface area (Å²) < 4.78 is 1.93. The average Bonchev–Trinajstić information content (AvgIpc) is 3.04. The molecule has 29 heavy (non-hydrogen) atoms. The highest BCUT2D eigenvalue weighted by molar-refractivity contribution is 7.99. The maximum absolute atomic E-state index is 12.2. The van der Waals surface area contributed by atoms with Gasteiger partial charge in [-0.25, -0.2) is 0 Å². The van der Waals surface area contributed by atoms with Crippen LogP contribution in [0.2, 0.25) is 10.0 Å². The van der Waals surface area contributed by atoms with Gasteiger partial charge in [-0.15, -0.1) is 22.0 Å². The number of amides is 1. The van der Waals surface area contributed by atoms with E-state index in [4.69, 9.17) is 23.2 Å². The molecule has 0 aliphatic heterocycles. The minimum Gasteiger partial charge on any atom is -0.325 e. The zero-order valence-corrected chi connectivity index (χ0v) is 19.1. The molecule has 1 heterocycles. The summed E-state index contributed by atoms with van der Waals surface area (Å²) in [5.74, 6) is 2.64. The summed E-state index contributed by atoms with van der Waals surface area (Å²) in [4.78, 5) is 12.2. The third kappa shape index (κ3) is 6.40. The Hall–Kier alpha value is -1.67. The van der Waals surface area contributed by atoms with Gasteiger partial charge < -0.3 is 9.88 Å². The van der Waals surface area contributed by atoms with E-state index in [1.165, 1.54) is 22.9 Å². The van der Waals surface area contributed by atoms with Crippen LogP contribution in [0.25, 0.3) is 0 Å². The molecule has 0 unspecified atom stereocenters. The van der Waals surface area contributed by atoms with Crippen LogP contribution >= 0.6 is 46.7 Å². The Morgan fingerprint density at radius 2 is 1.83 bits per heavy atom. The maximum atomic E-state index is 12.2. The van der Waals surface area contributed by atoms with E-state index in [2.05, 4.69) is 46.7 Å². The van der Waals surface area contributed by atoms with Gasteiger partial charge in [-0.1, -0.05) is 64.8 Å². The number of aromatic nitrogens is 3. The van der Waals surface area contributed by atoms with E-state index in [0.29, 0.717) is 20.9 Å². The van der Waals surface area contributed by atoms with Crippen LogP contribution in [0, 0.1) is 6.92 Å². The Morgan fingerprint density at radius 1 is 1.07 bits per heavy atom. The number of carbonyl (C=O) groups excluding carboxylic acids is 1. The largest absolute Gasteiger partial charge is 0.325 e. The fourth-order valence-electron chi connectivity index (χ4n) is 2.44. The number of anilines is 1. The van der Waals surface area contributed by atoms with Crippen molar-refractivity contribution in [3.05, 3.63) is 69.5 Å². The number of rotatable bonds is 8. The number of thioether (sulfide) groups is 2. The highest BCUT2D eigenvalue weighted by atomic mass is 35.5. The third-order valence-electron chi connectivity index (χ3n) is 4.08. The maximum Gasteiger partial charge on any atom is 0.234 e. The quantitative estimate of drug-likeness (QED) is 0.438. The second kappa shape index (κ2) is 10.4. The predicted molar refractivity (Wildman–Crippen MR) is 123 cm³/mol. The number of benzene rings is 2. The molecular weight excluding hydrogens is 447 g/mol. The third-order valence-corrected chi connectivity index (χ3v) is 6.84. The summed E-state index contributed by atoms with van der Waals surface area (Å²) in [6.45, 7) is 2.08. The topological polar surface area (TPSA) is 59.8 Å². The fraction of sp³-hybridized carbons (Fsp3) is 0.250. The predicted octanol–water partition coefficient (Wildman–Crippen LogP) is 5.59. The molecular formula is C20H20Cl2N4OS2. The molecule has 0 aliphatic carbocycles. The normalized spacial score (nSPS) is 10.9. The van der Waals surface area contributed by atoms with E-state index in [-0.39, 0.29) is 11.7 Å². The molecule has 5 nitrogen and oxygen atoms in total. The molecule has 3 aromatic rings. The van der Waals surface area contributed by atoms with Crippen LogP contribution in [0.4, 0.5) is 5.69 Å². The molecule has 1 amide bonds.